The summed E-state index contributed by atoms with van der Waals surface area (Å²) in [5.41, 5.74) is 0.950. The first-order chi connectivity index (χ1) is 16.5. The molecule has 1 atom stereocenters. The zero-order valence-electron chi connectivity index (χ0n) is 19.4. The maximum atomic E-state index is 11.8. The second kappa shape index (κ2) is 11.5. The number of methoxy groups -OCH3 is 2. The maximum absolute atomic E-state index is 11.8. The lowest BCUT2D eigenvalue weighted by Gasteiger charge is -2.29. The molecule has 1 aromatic heterocycles. The number of benzene rings is 1. The molecule has 2 aromatic rings. The molecule has 1 saturated heterocycles. The van der Waals surface area contributed by atoms with Crippen molar-refractivity contribution >= 4 is 29.7 Å². The van der Waals surface area contributed by atoms with Crippen LogP contribution in [0.2, 0.25) is 0 Å². The lowest BCUT2D eigenvalue weighted by atomic mass is 9.91. The van der Waals surface area contributed by atoms with Crippen LogP contribution in [0.5, 0.6) is 11.5 Å². The number of aliphatic hydroxyl groups is 1. The van der Waals surface area contributed by atoms with Gasteiger partial charge >= 0.3 is 0 Å². The zero-order chi connectivity index (χ0) is 23.9. The summed E-state index contributed by atoms with van der Waals surface area (Å²) >= 11 is 1.07. The lowest BCUT2D eigenvalue weighted by molar-refractivity contribution is -0.117. The first-order valence-corrected chi connectivity index (χ1v) is 12.3. The van der Waals surface area contributed by atoms with Gasteiger partial charge in [0.2, 0.25) is 5.95 Å². The number of nitrogens with zero attached hydrogens (tertiary/aromatic N) is 2. The minimum Gasteiger partial charge on any atom is -0.493 e. The number of nitrogens with one attached hydrogen (secondary N) is 3. The molecule has 9 nitrogen and oxygen atoms in total. The highest BCUT2D eigenvalue weighted by atomic mass is 32.2. The summed E-state index contributed by atoms with van der Waals surface area (Å²) in [6.45, 7) is 0.915. The van der Waals surface area contributed by atoms with Gasteiger partial charge in [-0.3, -0.25) is 4.79 Å². The van der Waals surface area contributed by atoms with Crippen molar-refractivity contribution in [2.45, 2.75) is 49.7 Å². The highest BCUT2D eigenvalue weighted by molar-refractivity contribution is 8.05. The molecule has 10 heteroatoms. The van der Waals surface area contributed by atoms with E-state index in [1.54, 1.807) is 32.6 Å². The molecule has 0 bridgehead atoms. The molecule has 1 amide bonds. The summed E-state index contributed by atoms with van der Waals surface area (Å²) in [4.78, 5) is 21.1. The van der Waals surface area contributed by atoms with Crippen molar-refractivity contribution in [3.05, 3.63) is 46.6 Å². The fourth-order valence-electron chi connectivity index (χ4n) is 4.22. The van der Waals surface area contributed by atoms with E-state index in [9.17, 15) is 9.90 Å². The van der Waals surface area contributed by atoms with Gasteiger partial charge in [-0.2, -0.15) is 0 Å². The predicted molar refractivity (Wildman–Crippen MR) is 133 cm³/mol. The Balaban J connectivity index is 1.22. The highest BCUT2D eigenvalue weighted by Crippen LogP contribution is 2.29. The van der Waals surface area contributed by atoms with Crippen LogP contribution in [0, 0.1) is 0 Å². The van der Waals surface area contributed by atoms with E-state index >= 15 is 0 Å². The number of aromatic nitrogens is 2. The molecule has 1 aliphatic heterocycles. The number of carbonyl (C=O) groups excluding carboxylic acids is 1. The molecule has 1 aliphatic carbocycles. The number of amides is 1. The summed E-state index contributed by atoms with van der Waals surface area (Å²) in [5.74, 6) is 1.78. The van der Waals surface area contributed by atoms with Gasteiger partial charge in [-0.1, -0.05) is 17.8 Å². The van der Waals surface area contributed by atoms with Crippen LogP contribution in [0.15, 0.2) is 35.4 Å². The van der Waals surface area contributed by atoms with Gasteiger partial charge < -0.3 is 30.5 Å². The molecule has 34 heavy (non-hydrogen) atoms. The number of rotatable bonds is 9. The molecule has 4 rings (SSSR count). The minimum absolute atomic E-state index is 0.289. The van der Waals surface area contributed by atoms with Crippen molar-refractivity contribution in [2.75, 3.05) is 26.1 Å². The average molecular weight is 486 g/mol. The Kier molecular flexibility index (Phi) is 8.25. The molecule has 0 radical (unpaired) electrons. The second-order valence-corrected chi connectivity index (χ2v) is 9.47. The maximum Gasteiger partial charge on any atom is 0.260 e. The van der Waals surface area contributed by atoms with Crippen molar-refractivity contribution in [1.82, 2.24) is 20.6 Å². The summed E-state index contributed by atoms with van der Waals surface area (Å²) in [7, 11) is 3.30. The van der Waals surface area contributed by atoms with Crippen LogP contribution in [0.4, 0.5) is 5.95 Å². The molecule has 182 valence electrons. The van der Waals surface area contributed by atoms with Gasteiger partial charge in [0, 0.05) is 18.3 Å². The van der Waals surface area contributed by atoms with Crippen LogP contribution in [0.1, 0.15) is 36.9 Å². The van der Waals surface area contributed by atoms with Crippen LogP contribution in [0.25, 0.3) is 6.08 Å². The quantitative estimate of drug-likeness (QED) is 0.398. The van der Waals surface area contributed by atoms with Crippen LogP contribution in [-0.2, 0) is 11.2 Å². The number of hydrogen-bond acceptors (Lipinski definition) is 9. The average Bonchev–Trinajstić information content (AvgIpc) is 3.16. The number of ether oxygens (including phenoxy) is 2. The first-order valence-electron chi connectivity index (χ1n) is 11.4. The molecule has 2 heterocycles. The summed E-state index contributed by atoms with van der Waals surface area (Å²) in [6, 6.07) is 8.62. The van der Waals surface area contributed by atoms with E-state index < -0.39 is 5.56 Å². The number of anilines is 1. The third kappa shape index (κ3) is 6.40. The summed E-state index contributed by atoms with van der Waals surface area (Å²) in [5, 5.41) is 19.1. The van der Waals surface area contributed by atoms with Crippen molar-refractivity contribution < 1.29 is 19.4 Å². The number of hydrogen-bond donors (Lipinski definition) is 4. The van der Waals surface area contributed by atoms with Crippen molar-refractivity contribution in [3.63, 3.8) is 0 Å². The number of carbonyl (C=O) groups is 1. The fraction of sp³-hybridized carbons (Fsp3) is 0.458. The third-order valence-electron chi connectivity index (χ3n) is 6.03. The standard InChI is InChI=1S/C24H31N5O4S/c1-32-19-8-3-15(13-20(19)33-2)9-11-25-16-4-6-17(7-5-16)27-23-26-12-10-18(28-23)14-21-22(30)29-24(31)34-21/h3,8,10,12-14,16-17,24-25,31H,4-7,9,11H2,1-2H3,(H,29,30)(H,26,27,28)/b21-14-/t16-,17-,24?. The van der Waals surface area contributed by atoms with E-state index in [1.807, 2.05) is 12.1 Å². The molecule has 1 unspecified atom stereocenters. The third-order valence-corrected chi connectivity index (χ3v) is 6.93. The SMILES string of the molecule is COc1ccc(CCN[C@H]2CC[C@H](Nc3nccc(/C=C4\SC(O)NC4=O)n3)CC2)cc1OC. The summed E-state index contributed by atoms with van der Waals surface area (Å²) in [6.07, 6.45) is 8.52. The van der Waals surface area contributed by atoms with Crippen LogP contribution >= 0.6 is 11.8 Å². The molecule has 2 aliphatic rings. The van der Waals surface area contributed by atoms with Gasteiger partial charge in [0.25, 0.3) is 5.91 Å². The molecule has 4 N–H and O–H groups in total. The predicted octanol–water partition coefficient (Wildman–Crippen LogP) is 2.53. The van der Waals surface area contributed by atoms with Gasteiger partial charge in [-0.15, -0.1) is 0 Å². The Bertz CT molecular complexity index is 1030. The Hall–Kier alpha value is -2.82. The minimum atomic E-state index is -0.902. The van der Waals surface area contributed by atoms with Crippen molar-refractivity contribution in [1.29, 1.82) is 0 Å². The van der Waals surface area contributed by atoms with Gasteiger partial charge in [-0.25, -0.2) is 9.97 Å². The van der Waals surface area contributed by atoms with Crippen molar-refractivity contribution in [2.24, 2.45) is 0 Å². The largest absolute Gasteiger partial charge is 0.493 e. The Morgan fingerprint density at radius 3 is 2.62 bits per heavy atom. The van der Waals surface area contributed by atoms with E-state index in [4.69, 9.17) is 9.47 Å². The van der Waals surface area contributed by atoms with Gasteiger partial charge in [0.05, 0.1) is 24.8 Å². The van der Waals surface area contributed by atoms with Gasteiger partial charge in [0.1, 0.15) is 0 Å². The lowest BCUT2D eigenvalue weighted by Crippen LogP contribution is -2.38. The van der Waals surface area contributed by atoms with Crippen LogP contribution < -0.4 is 25.4 Å². The van der Waals surface area contributed by atoms with Gasteiger partial charge in [0.15, 0.2) is 17.1 Å². The van der Waals surface area contributed by atoms with E-state index in [0.29, 0.717) is 28.6 Å². The molecule has 1 saturated carbocycles. The Morgan fingerprint density at radius 1 is 1.15 bits per heavy atom. The molecule has 0 spiro atoms. The monoisotopic (exact) mass is 485 g/mol. The second-order valence-electron chi connectivity index (χ2n) is 8.34. The fourth-order valence-corrected chi connectivity index (χ4v) is 4.99. The summed E-state index contributed by atoms with van der Waals surface area (Å²) < 4.78 is 10.7. The molecule has 2 fully saturated rings. The topological polar surface area (TPSA) is 118 Å². The highest BCUT2D eigenvalue weighted by Gasteiger charge is 2.25. The van der Waals surface area contributed by atoms with E-state index in [0.717, 1.165) is 61.9 Å². The molecule has 1 aromatic carbocycles. The normalized spacial score (nSPS) is 23.6. The van der Waals surface area contributed by atoms with E-state index in [1.165, 1.54) is 5.56 Å². The van der Waals surface area contributed by atoms with Crippen molar-refractivity contribution in [3.8, 4) is 11.5 Å². The Morgan fingerprint density at radius 2 is 1.91 bits per heavy atom. The van der Waals surface area contributed by atoms with Gasteiger partial charge in [-0.05, 0) is 68.5 Å². The molecular formula is C24H31N5O4S. The Labute approximate surface area is 203 Å². The molecular weight excluding hydrogens is 454 g/mol. The number of thioether (sulfide) groups is 1. The number of aliphatic hydroxyl groups excluding tert-OH is 1. The first kappa shape index (κ1) is 24.3. The van der Waals surface area contributed by atoms with Crippen LogP contribution in [-0.4, -0.2) is 59.4 Å². The van der Waals surface area contributed by atoms with E-state index in [-0.39, 0.29) is 5.91 Å². The zero-order valence-corrected chi connectivity index (χ0v) is 20.2. The smallest absolute Gasteiger partial charge is 0.260 e. The van der Waals surface area contributed by atoms with Crippen LogP contribution in [0.3, 0.4) is 0 Å². The van der Waals surface area contributed by atoms with E-state index in [2.05, 4.69) is 32.0 Å².